The van der Waals surface area contributed by atoms with Crippen LogP contribution in [0.3, 0.4) is 0 Å². The van der Waals surface area contributed by atoms with Crippen molar-refractivity contribution in [1.82, 2.24) is 0 Å². The predicted octanol–water partition coefficient (Wildman–Crippen LogP) is 2.73. The van der Waals surface area contributed by atoms with E-state index in [-0.39, 0.29) is 12.0 Å². The minimum absolute atomic E-state index is 0.167. The van der Waals surface area contributed by atoms with Crippen LogP contribution in [-0.2, 0) is 9.53 Å². The van der Waals surface area contributed by atoms with Crippen LogP contribution in [0.4, 0.5) is 0 Å². The van der Waals surface area contributed by atoms with Crippen LogP contribution in [0.15, 0.2) is 24.3 Å². The first-order chi connectivity index (χ1) is 10.2. The second-order valence-electron chi connectivity index (χ2n) is 5.21. The van der Waals surface area contributed by atoms with E-state index < -0.39 is 5.97 Å². The van der Waals surface area contributed by atoms with Crippen molar-refractivity contribution in [1.29, 1.82) is 0 Å². The Hall–Kier alpha value is -1.75. The predicted molar refractivity (Wildman–Crippen MR) is 77.8 cm³/mol. The van der Waals surface area contributed by atoms with Gasteiger partial charge in [-0.2, -0.15) is 0 Å². The molecule has 0 saturated heterocycles. The van der Waals surface area contributed by atoms with Crippen molar-refractivity contribution in [2.45, 2.75) is 31.8 Å². The Morgan fingerprint density at radius 2 is 1.71 bits per heavy atom. The van der Waals surface area contributed by atoms with E-state index in [9.17, 15) is 4.79 Å². The summed E-state index contributed by atoms with van der Waals surface area (Å²) in [7, 11) is 1.63. The van der Waals surface area contributed by atoms with Gasteiger partial charge in [-0.15, -0.1) is 0 Å². The number of methoxy groups -OCH3 is 1. The van der Waals surface area contributed by atoms with E-state index >= 15 is 0 Å². The number of carboxylic acid groups (broad SMARTS) is 1. The summed E-state index contributed by atoms with van der Waals surface area (Å²) in [6, 6.07) is 7.42. The Labute approximate surface area is 124 Å². The highest BCUT2D eigenvalue weighted by Gasteiger charge is 2.26. The first kappa shape index (κ1) is 15.6. The highest BCUT2D eigenvalue weighted by Crippen LogP contribution is 2.26. The van der Waals surface area contributed by atoms with Crippen molar-refractivity contribution in [3.8, 4) is 11.5 Å². The lowest BCUT2D eigenvalue weighted by Gasteiger charge is -2.26. The summed E-state index contributed by atoms with van der Waals surface area (Å²) >= 11 is 0. The van der Waals surface area contributed by atoms with Crippen LogP contribution in [0.25, 0.3) is 0 Å². The molecule has 1 aliphatic carbocycles. The van der Waals surface area contributed by atoms with Gasteiger partial charge in [-0.3, -0.25) is 4.79 Å². The van der Waals surface area contributed by atoms with Crippen LogP contribution in [0.2, 0.25) is 0 Å². The number of hydrogen-bond acceptors (Lipinski definition) is 4. The number of hydrogen-bond donors (Lipinski definition) is 1. The quantitative estimate of drug-likeness (QED) is 0.783. The molecular formula is C16H22O5. The van der Waals surface area contributed by atoms with Crippen LogP contribution in [-0.4, -0.2) is 37.5 Å². The molecule has 0 aromatic heterocycles. The third-order valence-corrected chi connectivity index (χ3v) is 3.79. The Balaban J connectivity index is 1.60. The lowest BCUT2D eigenvalue weighted by molar-refractivity contribution is -0.143. The molecular weight excluding hydrogens is 272 g/mol. The van der Waals surface area contributed by atoms with E-state index in [0.29, 0.717) is 26.1 Å². The second kappa shape index (κ2) is 7.88. The molecule has 5 heteroatoms. The van der Waals surface area contributed by atoms with Crippen molar-refractivity contribution >= 4 is 5.97 Å². The van der Waals surface area contributed by atoms with Gasteiger partial charge in [0.15, 0.2) is 0 Å². The van der Waals surface area contributed by atoms with Gasteiger partial charge < -0.3 is 19.3 Å². The largest absolute Gasteiger partial charge is 0.497 e. The fraction of sp³-hybridized carbons (Fsp3) is 0.562. The van der Waals surface area contributed by atoms with Gasteiger partial charge in [0.25, 0.3) is 0 Å². The molecule has 21 heavy (non-hydrogen) atoms. The third kappa shape index (κ3) is 4.93. The highest BCUT2D eigenvalue weighted by molar-refractivity contribution is 5.70. The summed E-state index contributed by atoms with van der Waals surface area (Å²) in [5.41, 5.74) is 0. The summed E-state index contributed by atoms with van der Waals surface area (Å²) in [6.45, 7) is 1.01. The molecule has 0 unspecified atom stereocenters. The maximum atomic E-state index is 10.9. The van der Waals surface area contributed by atoms with Gasteiger partial charge in [0.2, 0.25) is 0 Å². The summed E-state index contributed by atoms with van der Waals surface area (Å²) in [6.07, 6.45) is 3.22. The second-order valence-corrected chi connectivity index (χ2v) is 5.21. The van der Waals surface area contributed by atoms with Gasteiger partial charge >= 0.3 is 5.97 Å². The van der Waals surface area contributed by atoms with Gasteiger partial charge in [0.1, 0.15) is 18.1 Å². The Kier molecular flexibility index (Phi) is 5.87. The topological polar surface area (TPSA) is 65.0 Å². The van der Waals surface area contributed by atoms with Crippen molar-refractivity contribution in [3.63, 3.8) is 0 Å². The number of carboxylic acids is 1. The van der Waals surface area contributed by atoms with E-state index in [1.165, 1.54) is 0 Å². The molecule has 0 bridgehead atoms. The number of benzene rings is 1. The molecule has 1 N–H and O–H groups in total. The molecule has 0 atom stereocenters. The van der Waals surface area contributed by atoms with Gasteiger partial charge in [-0.25, -0.2) is 0 Å². The van der Waals surface area contributed by atoms with Gasteiger partial charge in [0, 0.05) is 0 Å². The number of rotatable bonds is 7. The summed E-state index contributed by atoms with van der Waals surface area (Å²) in [5, 5.41) is 8.93. The molecule has 2 rings (SSSR count). The number of aliphatic carboxylic acids is 1. The summed E-state index contributed by atoms with van der Waals surface area (Å²) < 4.78 is 16.4. The van der Waals surface area contributed by atoms with E-state index in [0.717, 1.165) is 24.3 Å². The third-order valence-electron chi connectivity index (χ3n) is 3.79. The highest BCUT2D eigenvalue weighted by atomic mass is 16.5. The molecule has 1 aliphatic rings. The molecule has 5 nitrogen and oxygen atoms in total. The first-order valence-electron chi connectivity index (χ1n) is 7.30. The molecule has 0 heterocycles. The van der Waals surface area contributed by atoms with Gasteiger partial charge in [-0.1, -0.05) is 0 Å². The Bertz CT molecular complexity index is 434. The van der Waals surface area contributed by atoms with Crippen LogP contribution in [0, 0.1) is 5.92 Å². The molecule has 1 aromatic rings. The van der Waals surface area contributed by atoms with Crippen LogP contribution in [0.1, 0.15) is 25.7 Å². The zero-order valence-corrected chi connectivity index (χ0v) is 12.3. The fourth-order valence-corrected chi connectivity index (χ4v) is 2.52. The Morgan fingerprint density at radius 3 is 2.29 bits per heavy atom. The van der Waals surface area contributed by atoms with Gasteiger partial charge in [-0.05, 0) is 49.9 Å². The molecule has 1 fully saturated rings. The molecule has 1 aromatic carbocycles. The van der Waals surface area contributed by atoms with Crippen molar-refractivity contribution < 1.29 is 24.1 Å². The van der Waals surface area contributed by atoms with Crippen molar-refractivity contribution in [2.75, 3.05) is 20.3 Å². The monoisotopic (exact) mass is 294 g/mol. The normalized spacial score (nSPS) is 21.8. The van der Waals surface area contributed by atoms with Crippen molar-refractivity contribution in [3.05, 3.63) is 24.3 Å². The zero-order chi connectivity index (χ0) is 15.1. The zero-order valence-electron chi connectivity index (χ0n) is 12.3. The van der Waals surface area contributed by atoms with E-state index in [1.54, 1.807) is 7.11 Å². The summed E-state index contributed by atoms with van der Waals surface area (Å²) in [4.78, 5) is 10.9. The number of carbonyl (C=O) groups is 1. The lowest BCUT2D eigenvalue weighted by Crippen LogP contribution is -2.27. The van der Waals surface area contributed by atoms with Crippen LogP contribution >= 0.6 is 0 Å². The SMILES string of the molecule is COc1ccc(OCCOC2CCC(C(=O)O)CC2)cc1. The maximum Gasteiger partial charge on any atom is 0.306 e. The van der Waals surface area contributed by atoms with Crippen LogP contribution < -0.4 is 9.47 Å². The average Bonchev–Trinajstić information content (AvgIpc) is 2.52. The smallest absolute Gasteiger partial charge is 0.306 e. The van der Waals surface area contributed by atoms with E-state index in [1.807, 2.05) is 24.3 Å². The summed E-state index contributed by atoms with van der Waals surface area (Å²) in [5.74, 6) is 0.708. The van der Waals surface area contributed by atoms with Crippen molar-refractivity contribution in [2.24, 2.45) is 5.92 Å². The molecule has 116 valence electrons. The molecule has 0 aliphatic heterocycles. The number of ether oxygens (including phenoxy) is 3. The first-order valence-corrected chi connectivity index (χ1v) is 7.30. The average molecular weight is 294 g/mol. The van der Waals surface area contributed by atoms with E-state index in [2.05, 4.69) is 0 Å². The fourth-order valence-electron chi connectivity index (χ4n) is 2.52. The molecule has 1 saturated carbocycles. The minimum atomic E-state index is -0.684. The van der Waals surface area contributed by atoms with E-state index in [4.69, 9.17) is 19.3 Å². The molecule has 0 spiro atoms. The minimum Gasteiger partial charge on any atom is -0.497 e. The maximum absolute atomic E-state index is 10.9. The molecule has 0 radical (unpaired) electrons. The lowest BCUT2D eigenvalue weighted by atomic mass is 9.87. The van der Waals surface area contributed by atoms with Crippen LogP contribution in [0.5, 0.6) is 11.5 Å². The molecule has 0 amide bonds. The Morgan fingerprint density at radius 1 is 1.10 bits per heavy atom. The van der Waals surface area contributed by atoms with Gasteiger partial charge in [0.05, 0.1) is 25.7 Å². The standard InChI is InChI=1S/C16H22O5/c1-19-13-6-8-15(9-7-13)21-11-10-20-14-4-2-12(3-5-14)16(17)18/h6-9,12,14H,2-5,10-11H2,1H3,(H,17,18).